The van der Waals surface area contributed by atoms with Crippen LogP contribution in [0.4, 0.5) is 5.82 Å². The van der Waals surface area contributed by atoms with Crippen LogP contribution in [0.5, 0.6) is 0 Å². The minimum Gasteiger partial charge on any atom is -0.356 e. The molecule has 2 N–H and O–H groups in total. The maximum Gasteiger partial charge on any atom is 0.130 e. The van der Waals surface area contributed by atoms with Gasteiger partial charge in [0.2, 0.25) is 0 Å². The topological polar surface area (TPSA) is 50.3 Å². The van der Waals surface area contributed by atoms with Gasteiger partial charge in [-0.15, -0.1) is 0 Å². The minimum absolute atomic E-state index is 0.697. The quantitative estimate of drug-likeness (QED) is 0.908. The molecule has 2 aliphatic heterocycles. The summed E-state index contributed by atoms with van der Waals surface area (Å²) in [7, 11) is 4.36. The van der Waals surface area contributed by atoms with Gasteiger partial charge in [0.15, 0.2) is 0 Å². The number of aryl methyl sites for hydroxylation is 2. The van der Waals surface area contributed by atoms with Gasteiger partial charge in [0.25, 0.3) is 0 Å². The van der Waals surface area contributed by atoms with E-state index in [0.29, 0.717) is 6.54 Å². The van der Waals surface area contributed by atoms with E-state index in [-0.39, 0.29) is 0 Å². The Kier molecular flexibility index (Phi) is 4.22. The summed E-state index contributed by atoms with van der Waals surface area (Å²) < 4.78 is 2.06. The molecule has 1 aromatic rings. The molecule has 0 radical (unpaired) electrons. The van der Waals surface area contributed by atoms with Crippen molar-refractivity contribution in [1.82, 2.24) is 14.7 Å². The first-order valence-corrected chi connectivity index (χ1v) is 8.29. The third kappa shape index (κ3) is 2.69. The maximum absolute atomic E-state index is 5.80. The largest absolute Gasteiger partial charge is 0.356 e. The van der Waals surface area contributed by atoms with Crippen molar-refractivity contribution in [2.45, 2.75) is 38.6 Å². The number of fused-ring (bicyclic) bond motifs is 1. The molecule has 3 heterocycles. The summed E-state index contributed by atoms with van der Waals surface area (Å²) in [6, 6.07) is 0.780. The second-order valence-corrected chi connectivity index (χ2v) is 6.73. The normalized spacial score (nSPS) is 27.0. The molecule has 5 nitrogen and oxygen atoms in total. The van der Waals surface area contributed by atoms with E-state index < -0.39 is 0 Å². The zero-order valence-corrected chi connectivity index (χ0v) is 13.7. The fourth-order valence-electron chi connectivity index (χ4n) is 4.37. The van der Waals surface area contributed by atoms with Gasteiger partial charge < -0.3 is 15.5 Å². The van der Waals surface area contributed by atoms with E-state index in [1.165, 1.54) is 43.7 Å². The van der Waals surface area contributed by atoms with Gasteiger partial charge >= 0.3 is 0 Å². The molecule has 2 aliphatic rings. The van der Waals surface area contributed by atoms with E-state index in [1.807, 2.05) is 0 Å². The highest BCUT2D eigenvalue weighted by Crippen LogP contribution is 2.33. The van der Waals surface area contributed by atoms with Gasteiger partial charge in [-0.05, 0) is 58.7 Å². The summed E-state index contributed by atoms with van der Waals surface area (Å²) in [4.78, 5) is 5.13. The Hall–Kier alpha value is -1.07. The summed E-state index contributed by atoms with van der Waals surface area (Å²) in [5.41, 5.74) is 8.29. The van der Waals surface area contributed by atoms with Crippen LogP contribution in [0.2, 0.25) is 0 Å². The Labute approximate surface area is 128 Å². The highest BCUT2D eigenvalue weighted by molar-refractivity contribution is 5.51. The van der Waals surface area contributed by atoms with Crippen LogP contribution in [0.1, 0.15) is 30.5 Å². The molecular weight excluding hydrogens is 262 g/mol. The Bertz CT molecular complexity index is 495. The molecule has 0 amide bonds. The van der Waals surface area contributed by atoms with Gasteiger partial charge in [0, 0.05) is 31.7 Å². The first-order valence-electron chi connectivity index (χ1n) is 8.29. The highest BCUT2D eigenvalue weighted by Gasteiger charge is 2.35. The fourth-order valence-corrected chi connectivity index (χ4v) is 4.37. The van der Waals surface area contributed by atoms with Crippen LogP contribution < -0.4 is 10.6 Å². The average Bonchev–Trinajstić information content (AvgIpc) is 2.74. The molecule has 2 atom stereocenters. The monoisotopic (exact) mass is 291 g/mol. The van der Waals surface area contributed by atoms with E-state index in [0.717, 1.165) is 30.6 Å². The van der Waals surface area contributed by atoms with Gasteiger partial charge in [0.05, 0.1) is 5.69 Å². The van der Waals surface area contributed by atoms with Crippen molar-refractivity contribution < 1.29 is 0 Å². The number of rotatable bonds is 3. The van der Waals surface area contributed by atoms with Crippen LogP contribution in [0.25, 0.3) is 0 Å². The number of aromatic nitrogens is 2. The standard InChI is InChI=1S/C16H29N5/c1-12-14(6-8-17)16(20(3)18-12)21-10-7-15-13(11-21)5-4-9-19(15)2/h13,15H,4-11,17H2,1-3H3. The lowest BCUT2D eigenvalue weighted by Crippen LogP contribution is -2.53. The van der Waals surface area contributed by atoms with Gasteiger partial charge in [0.1, 0.15) is 5.82 Å². The predicted octanol–water partition coefficient (Wildman–Crippen LogP) is 1.15. The summed E-state index contributed by atoms with van der Waals surface area (Å²) in [6.45, 7) is 6.38. The zero-order valence-electron chi connectivity index (χ0n) is 13.7. The van der Waals surface area contributed by atoms with Crippen molar-refractivity contribution in [3.05, 3.63) is 11.3 Å². The van der Waals surface area contributed by atoms with Crippen molar-refractivity contribution in [3.8, 4) is 0 Å². The Morgan fingerprint density at radius 3 is 2.81 bits per heavy atom. The lowest BCUT2D eigenvalue weighted by molar-refractivity contribution is 0.102. The van der Waals surface area contributed by atoms with Crippen molar-refractivity contribution in [1.29, 1.82) is 0 Å². The molecule has 2 saturated heterocycles. The third-order valence-corrected chi connectivity index (χ3v) is 5.35. The molecule has 0 bridgehead atoms. The van der Waals surface area contributed by atoms with Crippen molar-refractivity contribution in [3.63, 3.8) is 0 Å². The number of anilines is 1. The Morgan fingerprint density at radius 2 is 2.05 bits per heavy atom. The molecule has 3 rings (SSSR count). The van der Waals surface area contributed by atoms with Gasteiger partial charge in [-0.1, -0.05) is 0 Å². The van der Waals surface area contributed by atoms with Gasteiger partial charge in [-0.25, -0.2) is 0 Å². The Morgan fingerprint density at radius 1 is 1.24 bits per heavy atom. The molecule has 2 unspecified atom stereocenters. The fraction of sp³-hybridized carbons (Fsp3) is 0.812. The lowest BCUT2D eigenvalue weighted by Gasteiger charge is -2.46. The summed E-state index contributed by atoms with van der Waals surface area (Å²) in [5, 5.41) is 4.63. The molecule has 0 spiro atoms. The van der Waals surface area contributed by atoms with Crippen LogP contribution >= 0.6 is 0 Å². The van der Waals surface area contributed by atoms with Gasteiger partial charge in [-0.2, -0.15) is 5.10 Å². The first kappa shape index (κ1) is 14.9. The van der Waals surface area contributed by atoms with Crippen LogP contribution in [-0.2, 0) is 13.5 Å². The second kappa shape index (κ2) is 5.97. The number of hydrogen-bond donors (Lipinski definition) is 1. The number of piperidine rings is 2. The molecular formula is C16H29N5. The molecule has 21 heavy (non-hydrogen) atoms. The summed E-state index contributed by atoms with van der Waals surface area (Å²) in [5.74, 6) is 2.11. The van der Waals surface area contributed by atoms with Crippen molar-refractivity contribution >= 4 is 5.82 Å². The summed E-state index contributed by atoms with van der Waals surface area (Å²) in [6.07, 6.45) is 4.91. The second-order valence-electron chi connectivity index (χ2n) is 6.73. The maximum atomic E-state index is 5.80. The van der Waals surface area contributed by atoms with Gasteiger partial charge in [-0.3, -0.25) is 4.68 Å². The van der Waals surface area contributed by atoms with E-state index >= 15 is 0 Å². The number of nitrogens with two attached hydrogens (primary N) is 1. The van der Waals surface area contributed by atoms with Crippen LogP contribution in [0, 0.1) is 12.8 Å². The molecule has 5 heteroatoms. The average molecular weight is 291 g/mol. The van der Waals surface area contributed by atoms with Crippen molar-refractivity contribution in [2.75, 3.05) is 38.1 Å². The zero-order chi connectivity index (χ0) is 15.0. The lowest BCUT2D eigenvalue weighted by atomic mass is 9.84. The van der Waals surface area contributed by atoms with E-state index in [1.54, 1.807) is 0 Å². The smallest absolute Gasteiger partial charge is 0.130 e. The highest BCUT2D eigenvalue weighted by atomic mass is 15.4. The predicted molar refractivity (Wildman–Crippen MR) is 86.7 cm³/mol. The van der Waals surface area contributed by atoms with E-state index in [4.69, 9.17) is 5.73 Å². The van der Waals surface area contributed by atoms with Crippen LogP contribution in [-0.4, -0.2) is 53.9 Å². The molecule has 1 aromatic heterocycles. The minimum atomic E-state index is 0.697. The summed E-state index contributed by atoms with van der Waals surface area (Å²) >= 11 is 0. The van der Waals surface area contributed by atoms with Crippen molar-refractivity contribution in [2.24, 2.45) is 18.7 Å². The number of hydrogen-bond acceptors (Lipinski definition) is 4. The van der Waals surface area contributed by atoms with E-state index in [2.05, 4.69) is 40.6 Å². The first-order chi connectivity index (χ1) is 10.1. The SMILES string of the molecule is Cc1nn(C)c(N2CCC3C(CCCN3C)C2)c1CCN. The van der Waals surface area contributed by atoms with E-state index in [9.17, 15) is 0 Å². The van der Waals surface area contributed by atoms with Crippen LogP contribution in [0.3, 0.4) is 0 Å². The molecule has 0 saturated carbocycles. The number of nitrogens with zero attached hydrogens (tertiary/aromatic N) is 4. The number of likely N-dealkylation sites (tertiary alicyclic amines) is 1. The third-order valence-electron chi connectivity index (χ3n) is 5.35. The molecule has 0 aliphatic carbocycles. The molecule has 0 aromatic carbocycles. The Balaban J connectivity index is 1.82. The molecule has 118 valence electrons. The molecule has 2 fully saturated rings. The van der Waals surface area contributed by atoms with Crippen LogP contribution in [0.15, 0.2) is 0 Å².